The Morgan fingerprint density at radius 1 is 0.767 bits per heavy atom. The van der Waals surface area contributed by atoms with E-state index in [1.807, 2.05) is 24.4 Å². The van der Waals surface area contributed by atoms with Gasteiger partial charge in [0.15, 0.2) is 0 Å². The van der Waals surface area contributed by atoms with Crippen molar-refractivity contribution in [3.05, 3.63) is 107 Å². The Labute approximate surface area is 176 Å². The Hall–Kier alpha value is -3.59. The van der Waals surface area contributed by atoms with Crippen LogP contribution in [0.3, 0.4) is 0 Å². The van der Waals surface area contributed by atoms with E-state index in [1.54, 1.807) is 0 Å². The second kappa shape index (κ2) is 7.68. The maximum absolute atomic E-state index is 5.18. The number of hydrogen-bond acceptors (Lipinski definition) is 3. The molecule has 1 aliphatic rings. The van der Waals surface area contributed by atoms with Crippen molar-refractivity contribution < 1.29 is 0 Å². The van der Waals surface area contributed by atoms with Crippen molar-refractivity contribution in [1.82, 2.24) is 4.98 Å². The molecule has 3 heteroatoms. The third kappa shape index (κ3) is 3.22. The van der Waals surface area contributed by atoms with Crippen molar-refractivity contribution in [1.29, 1.82) is 0 Å². The Morgan fingerprint density at radius 3 is 2.23 bits per heavy atom. The summed E-state index contributed by atoms with van der Waals surface area (Å²) < 4.78 is 0. The lowest BCUT2D eigenvalue weighted by Gasteiger charge is -2.10. The standard InChI is InChI=1S/C27H23N3/c1-18(2)21-12-3-4-15-24(21)30-27-23-14-8-10-19-9-7-13-22(25(19)23)26(27)29-17-20-11-5-6-16-28-20/h3-16,18H,17H2,1-2H3. The van der Waals surface area contributed by atoms with E-state index in [-0.39, 0.29) is 0 Å². The maximum Gasteiger partial charge on any atom is 0.0974 e. The average Bonchev–Trinajstić information content (AvgIpc) is 3.08. The van der Waals surface area contributed by atoms with Crippen molar-refractivity contribution >= 4 is 27.9 Å². The molecule has 5 rings (SSSR count). The predicted octanol–water partition coefficient (Wildman–Crippen LogP) is 6.48. The van der Waals surface area contributed by atoms with Gasteiger partial charge in [-0.3, -0.25) is 9.98 Å². The van der Waals surface area contributed by atoms with Crippen LogP contribution in [0.1, 0.15) is 42.1 Å². The van der Waals surface area contributed by atoms with Crippen molar-refractivity contribution in [3.63, 3.8) is 0 Å². The molecule has 0 bridgehead atoms. The zero-order valence-corrected chi connectivity index (χ0v) is 17.2. The van der Waals surface area contributed by atoms with Crippen LogP contribution in [0, 0.1) is 0 Å². The Kier molecular flexibility index (Phi) is 4.72. The summed E-state index contributed by atoms with van der Waals surface area (Å²) in [5.74, 6) is 0.402. The molecule has 3 nitrogen and oxygen atoms in total. The fraction of sp³-hybridized carbons (Fsp3) is 0.148. The van der Waals surface area contributed by atoms with Crippen LogP contribution in [0.25, 0.3) is 10.8 Å². The van der Waals surface area contributed by atoms with Crippen LogP contribution < -0.4 is 0 Å². The van der Waals surface area contributed by atoms with Crippen LogP contribution >= 0.6 is 0 Å². The maximum atomic E-state index is 5.18. The highest BCUT2D eigenvalue weighted by molar-refractivity contribution is 6.61. The number of rotatable bonds is 4. The molecule has 0 unspecified atom stereocenters. The minimum Gasteiger partial charge on any atom is -0.276 e. The van der Waals surface area contributed by atoms with Crippen LogP contribution in [0.2, 0.25) is 0 Å². The molecule has 0 radical (unpaired) electrons. The molecule has 0 amide bonds. The molecule has 0 saturated carbocycles. The lowest BCUT2D eigenvalue weighted by Crippen LogP contribution is -2.11. The first-order valence-electron chi connectivity index (χ1n) is 10.4. The van der Waals surface area contributed by atoms with Gasteiger partial charge in [0.1, 0.15) is 0 Å². The number of pyridine rings is 1. The zero-order valence-electron chi connectivity index (χ0n) is 17.2. The van der Waals surface area contributed by atoms with Crippen molar-refractivity contribution in [3.8, 4) is 0 Å². The first-order valence-corrected chi connectivity index (χ1v) is 10.4. The summed E-state index contributed by atoms with van der Waals surface area (Å²) in [6.07, 6.45) is 1.81. The topological polar surface area (TPSA) is 37.6 Å². The molecule has 0 fully saturated rings. The third-order valence-electron chi connectivity index (χ3n) is 5.56. The van der Waals surface area contributed by atoms with Gasteiger partial charge in [-0.25, -0.2) is 4.99 Å². The van der Waals surface area contributed by atoms with E-state index in [2.05, 4.69) is 79.5 Å². The van der Waals surface area contributed by atoms with Gasteiger partial charge in [-0.15, -0.1) is 0 Å². The molecule has 0 aliphatic heterocycles. The monoisotopic (exact) mass is 389 g/mol. The third-order valence-corrected chi connectivity index (χ3v) is 5.56. The van der Waals surface area contributed by atoms with Gasteiger partial charge in [-0.1, -0.05) is 74.5 Å². The molecule has 0 saturated heterocycles. The first-order chi connectivity index (χ1) is 14.7. The number of para-hydroxylation sites is 1. The predicted molar refractivity (Wildman–Crippen MR) is 125 cm³/mol. The lowest BCUT2D eigenvalue weighted by molar-refractivity contribution is 0.867. The average molecular weight is 390 g/mol. The molecular weight excluding hydrogens is 366 g/mol. The van der Waals surface area contributed by atoms with Crippen LogP contribution in [-0.2, 0) is 6.54 Å². The molecule has 0 atom stereocenters. The number of benzene rings is 3. The molecule has 146 valence electrons. The second-order valence-corrected chi connectivity index (χ2v) is 7.87. The number of hydrogen-bond donors (Lipinski definition) is 0. The van der Waals surface area contributed by atoms with Crippen molar-refractivity contribution in [2.75, 3.05) is 0 Å². The van der Waals surface area contributed by atoms with Crippen molar-refractivity contribution in [2.24, 2.45) is 9.98 Å². The van der Waals surface area contributed by atoms with Gasteiger partial charge in [-0.05, 0) is 35.1 Å². The smallest absolute Gasteiger partial charge is 0.0974 e. The molecule has 30 heavy (non-hydrogen) atoms. The molecular formula is C27H23N3. The SMILES string of the molecule is CC(C)c1ccccc1N=C1C(=NCc2ccccn2)c2cccc3cccc1c23. The van der Waals surface area contributed by atoms with Crippen LogP contribution in [0.4, 0.5) is 5.69 Å². The van der Waals surface area contributed by atoms with Gasteiger partial charge in [0.2, 0.25) is 0 Å². The van der Waals surface area contributed by atoms with E-state index in [0.29, 0.717) is 12.5 Å². The first kappa shape index (κ1) is 18.4. The van der Waals surface area contributed by atoms with E-state index < -0.39 is 0 Å². The molecule has 4 aromatic rings. The summed E-state index contributed by atoms with van der Waals surface area (Å²) in [5, 5.41) is 2.46. The fourth-order valence-electron chi connectivity index (χ4n) is 4.11. The molecule has 1 heterocycles. The van der Waals surface area contributed by atoms with Gasteiger partial charge in [0.25, 0.3) is 0 Å². The molecule has 0 spiro atoms. The Balaban J connectivity index is 1.71. The van der Waals surface area contributed by atoms with Gasteiger partial charge in [-0.2, -0.15) is 0 Å². The van der Waals surface area contributed by atoms with Crippen LogP contribution in [0.5, 0.6) is 0 Å². The fourth-order valence-corrected chi connectivity index (χ4v) is 4.11. The van der Waals surface area contributed by atoms with Crippen LogP contribution in [0.15, 0.2) is 95.0 Å². The molecule has 1 aromatic heterocycles. The zero-order chi connectivity index (χ0) is 20.5. The van der Waals surface area contributed by atoms with E-state index in [9.17, 15) is 0 Å². The summed E-state index contributed by atoms with van der Waals surface area (Å²) in [6.45, 7) is 4.95. The van der Waals surface area contributed by atoms with E-state index in [0.717, 1.165) is 33.9 Å². The number of aliphatic imine (C=N–C) groups is 2. The molecule has 1 aliphatic carbocycles. The summed E-state index contributed by atoms with van der Waals surface area (Å²) in [4.78, 5) is 14.6. The van der Waals surface area contributed by atoms with Crippen LogP contribution in [-0.4, -0.2) is 16.4 Å². The highest BCUT2D eigenvalue weighted by Crippen LogP contribution is 2.34. The summed E-state index contributed by atoms with van der Waals surface area (Å²) in [5.41, 5.74) is 7.42. The summed E-state index contributed by atoms with van der Waals surface area (Å²) in [6, 6.07) is 27.2. The number of nitrogens with zero attached hydrogens (tertiary/aromatic N) is 3. The lowest BCUT2D eigenvalue weighted by atomic mass is 10.0. The normalized spacial score (nSPS) is 15.6. The van der Waals surface area contributed by atoms with Gasteiger partial charge >= 0.3 is 0 Å². The van der Waals surface area contributed by atoms with E-state index in [4.69, 9.17) is 9.98 Å². The quantitative estimate of drug-likeness (QED) is 0.393. The highest BCUT2D eigenvalue weighted by atomic mass is 14.9. The summed E-state index contributed by atoms with van der Waals surface area (Å²) >= 11 is 0. The largest absolute Gasteiger partial charge is 0.276 e. The Morgan fingerprint density at radius 2 is 1.50 bits per heavy atom. The van der Waals surface area contributed by atoms with Gasteiger partial charge in [0, 0.05) is 22.7 Å². The molecule has 0 N–H and O–H groups in total. The Bertz CT molecular complexity index is 1280. The van der Waals surface area contributed by atoms with E-state index in [1.165, 1.54) is 16.3 Å². The number of aromatic nitrogens is 1. The van der Waals surface area contributed by atoms with Gasteiger partial charge < -0.3 is 0 Å². The summed E-state index contributed by atoms with van der Waals surface area (Å²) in [7, 11) is 0. The molecule has 3 aromatic carbocycles. The minimum absolute atomic E-state index is 0.402. The van der Waals surface area contributed by atoms with Gasteiger partial charge in [0.05, 0.1) is 29.3 Å². The second-order valence-electron chi connectivity index (χ2n) is 7.87. The minimum atomic E-state index is 0.402. The van der Waals surface area contributed by atoms with Crippen molar-refractivity contribution in [2.45, 2.75) is 26.3 Å². The van der Waals surface area contributed by atoms with E-state index >= 15 is 0 Å². The highest BCUT2D eigenvalue weighted by Gasteiger charge is 2.27.